The fourth-order valence-electron chi connectivity index (χ4n) is 2.75. The SMILES string of the molecule is CN=C(NCCc1ccccc1Cl)NCc1nc2ccccc2n1C. The quantitative estimate of drug-likeness (QED) is 0.546. The van der Waals surface area contributed by atoms with Gasteiger partial charge in [0.2, 0.25) is 0 Å². The van der Waals surface area contributed by atoms with Crippen LogP contribution in [0.1, 0.15) is 11.4 Å². The van der Waals surface area contributed by atoms with Gasteiger partial charge in [-0.3, -0.25) is 4.99 Å². The second kappa shape index (κ2) is 8.03. The Morgan fingerprint density at radius 3 is 2.64 bits per heavy atom. The molecule has 0 aliphatic heterocycles. The van der Waals surface area contributed by atoms with Crippen molar-refractivity contribution in [3.63, 3.8) is 0 Å². The summed E-state index contributed by atoms with van der Waals surface area (Å²) in [7, 11) is 3.79. The van der Waals surface area contributed by atoms with Crippen LogP contribution in [-0.2, 0) is 20.0 Å². The van der Waals surface area contributed by atoms with Crippen LogP contribution in [0.25, 0.3) is 11.0 Å². The second-order valence-electron chi connectivity index (χ2n) is 5.77. The molecule has 0 bridgehead atoms. The van der Waals surface area contributed by atoms with Crippen LogP contribution in [0.15, 0.2) is 53.5 Å². The Labute approximate surface area is 152 Å². The van der Waals surface area contributed by atoms with Crippen LogP contribution < -0.4 is 10.6 Å². The zero-order valence-corrected chi connectivity index (χ0v) is 15.2. The lowest BCUT2D eigenvalue weighted by Crippen LogP contribution is -2.38. The number of para-hydroxylation sites is 2. The van der Waals surface area contributed by atoms with E-state index >= 15 is 0 Å². The minimum Gasteiger partial charge on any atom is -0.356 e. The second-order valence-corrected chi connectivity index (χ2v) is 6.18. The number of imidazole rings is 1. The molecule has 2 N–H and O–H groups in total. The zero-order chi connectivity index (χ0) is 17.6. The highest BCUT2D eigenvalue weighted by Crippen LogP contribution is 2.15. The molecule has 1 aromatic heterocycles. The number of aryl methyl sites for hydroxylation is 1. The molecule has 3 aromatic rings. The Morgan fingerprint density at radius 2 is 1.88 bits per heavy atom. The van der Waals surface area contributed by atoms with Crippen LogP contribution in [0.2, 0.25) is 5.02 Å². The van der Waals surface area contributed by atoms with Gasteiger partial charge < -0.3 is 15.2 Å². The first-order valence-electron chi connectivity index (χ1n) is 8.27. The average Bonchev–Trinajstić information content (AvgIpc) is 2.96. The molecule has 0 spiro atoms. The number of benzene rings is 2. The molecular weight excluding hydrogens is 334 g/mol. The van der Waals surface area contributed by atoms with Crippen molar-refractivity contribution in [3.8, 4) is 0 Å². The summed E-state index contributed by atoms with van der Waals surface area (Å²) in [4.78, 5) is 8.92. The molecule has 0 aliphatic carbocycles. The first kappa shape index (κ1) is 17.3. The molecule has 25 heavy (non-hydrogen) atoms. The van der Waals surface area contributed by atoms with Crippen molar-refractivity contribution in [2.75, 3.05) is 13.6 Å². The topological polar surface area (TPSA) is 54.2 Å². The molecule has 0 amide bonds. The molecule has 5 nitrogen and oxygen atoms in total. The van der Waals surface area contributed by atoms with E-state index < -0.39 is 0 Å². The highest BCUT2D eigenvalue weighted by Gasteiger charge is 2.07. The van der Waals surface area contributed by atoms with Crippen LogP contribution in [0.4, 0.5) is 0 Å². The van der Waals surface area contributed by atoms with E-state index in [1.165, 1.54) is 0 Å². The summed E-state index contributed by atoms with van der Waals surface area (Å²) < 4.78 is 2.10. The predicted molar refractivity (Wildman–Crippen MR) is 104 cm³/mol. The minimum absolute atomic E-state index is 0.608. The first-order valence-corrected chi connectivity index (χ1v) is 8.65. The van der Waals surface area contributed by atoms with Gasteiger partial charge in [-0.05, 0) is 30.2 Å². The van der Waals surface area contributed by atoms with Crippen molar-refractivity contribution >= 4 is 28.6 Å². The van der Waals surface area contributed by atoms with Gasteiger partial charge in [0.15, 0.2) is 5.96 Å². The van der Waals surface area contributed by atoms with Crippen LogP contribution in [0.5, 0.6) is 0 Å². The Morgan fingerprint density at radius 1 is 1.12 bits per heavy atom. The molecule has 3 rings (SSSR count). The molecule has 0 radical (unpaired) electrons. The maximum absolute atomic E-state index is 6.19. The van der Waals surface area contributed by atoms with Crippen molar-refractivity contribution < 1.29 is 0 Å². The highest BCUT2D eigenvalue weighted by molar-refractivity contribution is 6.31. The molecule has 2 aromatic carbocycles. The number of hydrogen-bond donors (Lipinski definition) is 2. The summed E-state index contributed by atoms with van der Waals surface area (Å²) in [6.07, 6.45) is 0.840. The largest absolute Gasteiger partial charge is 0.356 e. The van der Waals surface area contributed by atoms with Gasteiger partial charge in [-0.15, -0.1) is 0 Å². The van der Waals surface area contributed by atoms with Crippen molar-refractivity contribution in [3.05, 3.63) is 64.9 Å². The molecule has 1 heterocycles. The molecule has 6 heteroatoms. The number of guanidine groups is 1. The van der Waals surface area contributed by atoms with Crippen LogP contribution in [0, 0.1) is 0 Å². The number of nitrogens with zero attached hydrogens (tertiary/aromatic N) is 3. The lowest BCUT2D eigenvalue weighted by atomic mass is 10.1. The normalized spacial score (nSPS) is 11.7. The van der Waals surface area contributed by atoms with Crippen molar-refractivity contribution in [2.24, 2.45) is 12.0 Å². The number of nitrogens with one attached hydrogen (secondary N) is 2. The monoisotopic (exact) mass is 355 g/mol. The van der Waals surface area contributed by atoms with Crippen LogP contribution in [-0.4, -0.2) is 29.1 Å². The molecule has 0 saturated heterocycles. The summed E-state index contributed by atoms with van der Waals surface area (Å²) in [6, 6.07) is 16.0. The van der Waals surface area contributed by atoms with Gasteiger partial charge in [0, 0.05) is 25.7 Å². The molecule has 0 unspecified atom stereocenters. The van der Waals surface area contributed by atoms with Gasteiger partial charge in [0.1, 0.15) is 5.82 Å². The van der Waals surface area contributed by atoms with E-state index in [4.69, 9.17) is 11.6 Å². The fourth-order valence-corrected chi connectivity index (χ4v) is 2.98. The molecule has 0 atom stereocenters. The van der Waals surface area contributed by atoms with E-state index in [1.54, 1.807) is 7.05 Å². The van der Waals surface area contributed by atoms with Gasteiger partial charge in [-0.25, -0.2) is 4.98 Å². The van der Waals surface area contributed by atoms with Crippen molar-refractivity contribution in [2.45, 2.75) is 13.0 Å². The van der Waals surface area contributed by atoms with E-state index in [-0.39, 0.29) is 0 Å². The minimum atomic E-state index is 0.608. The summed E-state index contributed by atoms with van der Waals surface area (Å²) in [6.45, 7) is 1.36. The lowest BCUT2D eigenvalue weighted by Gasteiger charge is -2.12. The fraction of sp³-hybridized carbons (Fsp3) is 0.263. The Kier molecular flexibility index (Phi) is 5.56. The third-order valence-electron chi connectivity index (χ3n) is 4.16. The maximum Gasteiger partial charge on any atom is 0.191 e. The third kappa shape index (κ3) is 4.12. The average molecular weight is 356 g/mol. The molecule has 130 valence electrons. The number of hydrogen-bond acceptors (Lipinski definition) is 2. The van der Waals surface area contributed by atoms with Gasteiger partial charge in [0.25, 0.3) is 0 Å². The Balaban J connectivity index is 1.55. The van der Waals surface area contributed by atoms with Gasteiger partial charge in [-0.1, -0.05) is 41.9 Å². The molecule has 0 aliphatic rings. The molecular formula is C19H22ClN5. The van der Waals surface area contributed by atoms with Crippen LogP contribution >= 0.6 is 11.6 Å². The number of fused-ring (bicyclic) bond motifs is 1. The number of aromatic nitrogens is 2. The predicted octanol–water partition coefficient (Wildman–Crippen LogP) is 3.13. The first-order chi connectivity index (χ1) is 12.2. The van der Waals surface area contributed by atoms with Crippen LogP contribution in [0.3, 0.4) is 0 Å². The lowest BCUT2D eigenvalue weighted by molar-refractivity contribution is 0.734. The van der Waals surface area contributed by atoms with E-state index in [0.717, 1.165) is 46.4 Å². The highest BCUT2D eigenvalue weighted by atomic mass is 35.5. The number of halogens is 1. The molecule has 0 fully saturated rings. The number of rotatable bonds is 5. The summed E-state index contributed by atoms with van der Waals surface area (Å²) in [5, 5.41) is 7.42. The van der Waals surface area contributed by atoms with E-state index in [1.807, 2.05) is 49.5 Å². The third-order valence-corrected chi connectivity index (χ3v) is 4.53. The summed E-state index contributed by atoms with van der Waals surface area (Å²) in [5.74, 6) is 1.72. The van der Waals surface area contributed by atoms with E-state index in [0.29, 0.717) is 6.54 Å². The van der Waals surface area contributed by atoms with Crippen molar-refractivity contribution in [1.82, 2.24) is 20.2 Å². The summed E-state index contributed by atoms with van der Waals surface area (Å²) >= 11 is 6.19. The van der Waals surface area contributed by atoms with Gasteiger partial charge in [0.05, 0.1) is 17.6 Å². The number of aliphatic imine (C=N–C) groups is 1. The maximum atomic E-state index is 6.19. The summed E-state index contributed by atoms with van der Waals surface area (Å²) in [5.41, 5.74) is 3.26. The van der Waals surface area contributed by atoms with E-state index in [9.17, 15) is 0 Å². The standard InChI is InChI=1S/C19H22ClN5/c1-21-19(22-12-11-14-7-3-4-8-15(14)20)23-13-18-24-16-9-5-6-10-17(16)25(18)2/h3-10H,11-13H2,1-2H3,(H2,21,22,23). The molecule has 0 saturated carbocycles. The van der Waals surface area contributed by atoms with Gasteiger partial charge >= 0.3 is 0 Å². The van der Waals surface area contributed by atoms with E-state index in [2.05, 4.69) is 31.2 Å². The Bertz CT molecular complexity index is 884. The Hall–Kier alpha value is -2.53. The zero-order valence-electron chi connectivity index (χ0n) is 14.5. The van der Waals surface area contributed by atoms with Gasteiger partial charge in [-0.2, -0.15) is 0 Å². The smallest absolute Gasteiger partial charge is 0.191 e. The van der Waals surface area contributed by atoms with Crippen molar-refractivity contribution in [1.29, 1.82) is 0 Å².